The van der Waals surface area contributed by atoms with Crippen molar-refractivity contribution in [3.63, 3.8) is 0 Å². The molecule has 1 heterocycles. The molecule has 0 fully saturated rings. The molecule has 0 spiro atoms. The van der Waals surface area contributed by atoms with Gasteiger partial charge in [-0.1, -0.05) is 0 Å². The van der Waals surface area contributed by atoms with Crippen LogP contribution in [0.15, 0.2) is 12.1 Å². The number of benzene rings is 1. The Bertz CT molecular complexity index is 320. The Kier molecular flexibility index (Phi) is 1.50. The molecule has 2 rings (SSSR count). The van der Waals surface area contributed by atoms with Gasteiger partial charge in [0, 0.05) is 17.7 Å². The highest BCUT2D eigenvalue weighted by molar-refractivity contribution is 5.57. The lowest BCUT2D eigenvalue weighted by Gasteiger charge is -2.04. The molecule has 64 valence electrons. The van der Waals surface area contributed by atoms with Gasteiger partial charge < -0.3 is 10.5 Å². The summed E-state index contributed by atoms with van der Waals surface area (Å²) < 4.78 is 5.59. The monoisotopic (exact) mass is 163 g/mol. The summed E-state index contributed by atoms with van der Waals surface area (Å²) in [5, 5.41) is 0. The van der Waals surface area contributed by atoms with E-state index in [1.165, 1.54) is 11.1 Å². The van der Waals surface area contributed by atoms with E-state index in [0.29, 0.717) is 6.10 Å². The van der Waals surface area contributed by atoms with Crippen LogP contribution in [0.5, 0.6) is 5.75 Å². The summed E-state index contributed by atoms with van der Waals surface area (Å²) in [6.07, 6.45) is 1.30. The Morgan fingerprint density at radius 1 is 1.50 bits per heavy atom. The van der Waals surface area contributed by atoms with Gasteiger partial charge in [-0.25, -0.2) is 0 Å². The molecule has 1 aliphatic rings. The van der Waals surface area contributed by atoms with Gasteiger partial charge in [0.05, 0.1) is 0 Å². The third-order valence-corrected chi connectivity index (χ3v) is 2.42. The quantitative estimate of drug-likeness (QED) is 0.593. The van der Waals surface area contributed by atoms with Crippen molar-refractivity contribution in [2.24, 2.45) is 0 Å². The molecule has 0 aliphatic carbocycles. The second kappa shape index (κ2) is 2.41. The third kappa shape index (κ3) is 0.951. The Balaban J connectivity index is 2.54. The zero-order chi connectivity index (χ0) is 8.72. The fourth-order valence-electron chi connectivity index (χ4n) is 1.66. The van der Waals surface area contributed by atoms with Gasteiger partial charge in [-0.3, -0.25) is 0 Å². The first-order valence-electron chi connectivity index (χ1n) is 4.23. The van der Waals surface area contributed by atoms with Crippen molar-refractivity contribution < 1.29 is 4.74 Å². The first-order chi connectivity index (χ1) is 5.68. The van der Waals surface area contributed by atoms with Crippen LogP contribution in [0.3, 0.4) is 0 Å². The number of rotatable bonds is 0. The molecule has 2 N–H and O–H groups in total. The van der Waals surface area contributed by atoms with E-state index in [2.05, 4.69) is 13.8 Å². The van der Waals surface area contributed by atoms with Crippen molar-refractivity contribution in [1.29, 1.82) is 0 Å². The smallest absolute Gasteiger partial charge is 0.123 e. The average molecular weight is 163 g/mol. The van der Waals surface area contributed by atoms with Crippen LogP contribution in [0, 0.1) is 6.92 Å². The Morgan fingerprint density at radius 3 is 3.00 bits per heavy atom. The minimum atomic E-state index is 0.306. The second-order valence-electron chi connectivity index (χ2n) is 3.39. The average Bonchev–Trinajstić information content (AvgIpc) is 2.39. The Morgan fingerprint density at radius 2 is 2.25 bits per heavy atom. The van der Waals surface area contributed by atoms with Crippen LogP contribution >= 0.6 is 0 Å². The molecule has 0 bridgehead atoms. The van der Waals surface area contributed by atoms with Gasteiger partial charge in [0.1, 0.15) is 11.9 Å². The molecule has 2 nitrogen and oxygen atoms in total. The SMILES string of the molecule is Cc1c(N)ccc2c1CC(C)O2. The lowest BCUT2D eigenvalue weighted by molar-refractivity contribution is 0.254. The van der Waals surface area contributed by atoms with Crippen molar-refractivity contribution in [3.8, 4) is 5.75 Å². The molecule has 1 aromatic rings. The maximum absolute atomic E-state index is 5.78. The molecule has 0 radical (unpaired) electrons. The van der Waals surface area contributed by atoms with Gasteiger partial charge in [0.2, 0.25) is 0 Å². The molecular weight excluding hydrogens is 150 g/mol. The van der Waals surface area contributed by atoms with Crippen molar-refractivity contribution in [2.45, 2.75) is 26.4 Å². The van der Waals surface area contributed by atoms with E-state index < -0.39 is 0 Å². The molecule has 2 heteroatoms. The topological polar surface area (TPSA) is 35.2 Å². The highest BCUT2D eigenvalue weighted by Crippen LogP contribution is 2.33. The fraction of sp³-hybridized carbons (Fsp3) is 0.400. The molecule has 1 aliphatic heterocycles. The highest BCUT2D eigenvalue weighted by atomic mass is 16.5. The zero-order valence-corrected chi connectivity index (χ0v) is 7.42. The van der Waals surface area contributed by atoms with Crippen LogP contribution in [0.1, 0.15) is 18.1 Å². The third-order valence-electron chi connectivity index (χ3n) is 2.42. The molecule has 0 aromatic heterocycles. The summed E-state index contributed by atoms with van der Waals surface area (Å²) in [4.78, 5) is 0. The van der Waals surface area contributed by atoms with Crippen molar-refractivity contribution in [1.82, 2.24) is 0 Å². The normalized spacial score (nSPS) is 20.3. The predicted octanol–water partition coefficient (Wildman–Crippen LogP) is 1.90. The summed E-state index contributed by atoms with van der Waals surface area (Å²) in [6, 6.07) is 3.87. The zero-order valence-electron chi connectivity index (χ0n) is 7.42. The summed E-state index contributed by atoms with van der Waals surface area (Å²) in [5.41, 5.74) is 9.11. The predicted molar refractivity (Wildman–Crippen MR) is 49.4 cm³/mol. The minimum Gasteiger partial charge on any atom is -0.490 e. The maximum Gasteiger partial charge on any atom is 0.123 e. The molecule has 0 saturated carbocycles. The van der Waals surface area contributed by atoms with Crippen molar-refractivity contribution in [2.75, 3.05) is 5.73 Å². The lowest BCUT2D eigenvalue weighted by Crippen LogP contribution is -2.05. The van der Waals surface area contributed by atoms with Gasteiger partial charge in [-0.15, -0.1) is 0 Å². The number of anilines is 1. The summed E-state index contributed by atoms with van der Waals surface area (Å²) in [5.74, 6) is 1.01. The number of nitrogens with two attached hydrogens (primary N) is 1. The summed E-state index contributed by atoms with van der Waals surface area (Å²) in [6.45, 7) is 4.13. The fourth-order valence-corrected chi connectivity index (χ4v) is 1.66. The van der Waals surface area contributed by atoms with Gasteiger partial charge in [0.15, 0.2) is 0 Å². The molecule has 0 saturated heterocycles. The van der Waals surface area contributed by atoms with Crippen LogP contribution in [0.2, 0.25) is 0 Å². The number of nitrogen functional groups attached to an aromatic ring is 1. The molecule has 1 aromatic carbocycles. The van der Waals surface area contributed by atoms with E-state index in [1.807, 2.05) is 12.1 Å². The van der Waals surface area contributed by atoms with Crippen molar-refractivity contribution in [3.05, 3.63) is 23.3 Å². The number of ether oxygens (including phenoxy) is 1. The standard InChI is InChI=1S/C10H13NO/c1-6-5-8-7(2)9(11)3-4-10(8)12-6/h3-4,6H,5,11H2,1-2H3. The largest absolute Gasteiger partial charge is 0.490 e. The highest BCUT2D eigenvalue weighted by Gasteiger charge is 2.21. The van der Waals surface area contributed by atoms with E-state index in [-0.39, 0.29) is 0 Å². The van der Waals surface area contributed by atoms with Crippen LogP contribution in [0.25, 0.3) is 0 Å². The minimum absolute atomic E-state index is 0.306. The van der Waals surface area contributed by atoms with Crippen LogP contribution < -0.4 is 10.5 Å². The Hall–Kier alpha value is -1.18. The van der Waals surface area contributed by atoms with Crippen LogP contribution in [-0.4, -0.2) is 6.10 Å². The van der Waals surface area contributed by atoms with Crippen LogP contribution in [0.4, 0.5) is 5.69 Å². The second-order valence-corrected chi connectivity index (χ2v) is 3.39. The van der Waals surface area contributed by atoms with Gasteiger partial charge in [-0.2, -0.15) is 0 Å². The molecule has 0 amide bonds. The number of fused-ring (bicyclic) bond motifs is 1. The van der Waals surface area contributed by atoms with Gasteiger partial charge >= 0.3 is 0 Å². The number of hydrogen-bond acceptors (Lipinski definition) is 2. The lowest BCUT2D eigenvalue weighted by atomic mass is 10.0. The molecule has 1 unspecified atom stereocenters. The van der Waals surface area contributed by atoms with Crippen molar-refractivity contribution >= 4 is 5.69 Å². The number of hydrogen-bond donors (Lipinski definition) is 1. The maximum atomic E-state index is 5.78. The summed E-state index contributed by atoms with van der Waals surface area (Å²) >= 11 is 0. The Labute approximate surface area is 72.3 Å². The molecular formula is C10H13NO. The van der Waals surface area contributed by atoms with E-state index in [4.69, 9.17) is 10.5 Å². The molecule has 12 heavy (non-hydrogen) atoms. The van der Waals surface area contributed by atoms with Gasteiger partial charge in [0.25, 0.3) is 0 Å². The first kappa shape index (κ1) is 7.47. The first-order valence-corrected chi connectivity index (χ1v) is 4.23. The summed E-state index contributed by atoms with van der Waals surface area (Å²) in [7, 11) is 0. The van der Waals surface area contributed by atoms with Crippen LogP contribution in [-0.2, 0) is 6.42 Å². The molecule has 1 atom stereocenters. The van der Waals surface area contributed by atoms with E-state index in [1.54, 1.807) is 0 Å². The van der Waals surface area contributed by atoms with E-state index in [9.17, 15) is 0 Å². The van der Waals surface area contributed by atoms with E-state index in [0.717, 1.165) is 17.9 Å². The van der Waals surface area contributed by atoms with E-state index >= 15 is 0 Å². The van der Waals surface area contributed by atoms with Gasteiger partial charge in [-0.05, 0) is 31.5 Å².